The maximum Gasteiger partial charge on any atom is 0.191 e. The van der Waals surface area contributed by atoms with Crippen molar-refractivity contribution in [2.24, 2.45) is 0 Å². The van der Waals surface area contributed by atoms with E-state index >= 15 is 0 Å². The number of ether oxygens (including phenoxy) is 1. The summed E-state index contributed by atoms with van der Waals surface area (Å²) in [4.78, 5) is 4.06. The predicted molar refractivity (Wildman–Crippen MR) is 106 cm³/mol. The first-order valence-electron chi connectivity index (χ1n) is 8.47. The minimum atomic E-state index is 0.613. The molecule has 0 saturated heterocycles. The summed E-state index contributed by atoms with van der Waals surface area (Å²) in [6, 6.07) is 10.0. The number of allylic oxidation sites excluding steroid dienone is 1. The van der Waals surface area contributed by atoms with Gasteiger partial charge in [0.2, 0.25) is 0 Å². The number of pyridine rings is 1. The van der Waals surface area contributed by atoms with E-state index in [0.29, 0.717) is 13.2 Å². The number of para-hydroxylation sites is 1. The van der Waals surface area contributed by atoms with E-state index in [1.54, 1.807) is 24.2 Å². The van der Waals surface area contributed by atoms with Crippen LogP contribution in [-0.4, -0.2) is 32.1 Å². The van der Waals surface area contributed by atoms with E-state index in [-0.39, 0.29) is 0 Å². The second kappa shape index (κ2) is 8.67. The van der Waals surface area contributed by atoms with Gasteiger partial charge in [0, 0.05) is 30.3 Å². The van der Waals surface area contributed by atoms with Crippen LogP contribution in [0.15, 0.2) is 60.5 Å². The molecule has 0 N–H and O–H groups in total. The number of hydrogen-bond donors (Lipinski definition) is 0. The summed E-state index contributed by atoms with van der Waals surface area (Å²) >= 11 is 1.63. The Bertz CT molecular complexity index is 857. The van der Waals surface area contributed by atoms with Crippen molar-refractivity contribution in [3.8, 4) is 17.1 Å². The van der Waals surface area contributed by atoms with Crippen LogP contribution in [0.1, 0.15) is 11.1 Å². The molecule has 1 aromatic carbocycles. The Hall–Kier alpha value is -2.60. The second-order valence-electron chi connectivity index (χ2n) is 5.86. The Kier molecular flexibility index (Phi) is 6.07. The monoisotopic (exact) mass is 366 g/mol. The van der Waals surface area contributed by atoms with Gasteiger partial charge in [-0.25, -0.2) is 0 Å². The first-order chi connectivity index (χ1) is 12.7. The quantitative estimate of drug-likeness (QED) is 0.338. The van der Waals surface area contributed by atoms with Gasteiger partial charge in [0.05, 0.1) is 6.61 Å². The molecule has 0 radical (unpaired) electrons. The average Bonchev–Trinajstić information content (AvgIpc) is 3.04. The van der Waals surface area contributed by atoms with Gasteiger partial charge in [-0.05, 0) is 37.1 Å². The fourth-order valence-corrected chi connectivity index (χ4v) is 3.47. The fourth-order valence-electron chi connectivity index (χ4n) is 2.71. The third-order valence-electron chi connectivity index (χ3n) is 3.94. The molecular formula is C20H22N4OS. The van der Waals surface area contributed by atoms with Crippen LogP contribution in [0.3, 0.4) is 0 Å². The molecule has 5 nitrogen and oxygen atoms in total. The van der Waals surface area contributed by atoms with Crippen LogP contribution in [0.5, 0.6) is 5.75 Å². The van der Waals surface area contributed by atoms with Gasteiger partial charge in [0.1, 0.15) is 5.75 Å². The first-order valence-corrected chi connectivity index (χ1v) is 9.45. The van der Waals surface area contributed by atoms with Crippen LogP contribution >= 0.6 is 11.8 Å². The van der Waals surface area contributed by atoms with Crippen LogP contribution in [0, 0.1) is 13.8 Å². The molecule has 0 bridgehead atoms. The highest BCUT2D eigenvalue weighted by Gasteiger charge is 2.13. The molecule has 2 heterocycles. The largest absolute Gasteiger partial charge is 0.492 e. The molecule has 0 unspecified atom stereocenters. The average molecular weight is 366 g/mol. The maximum absolute atomic E-state index is 5.97. The van der Waals surface area contributed by atoms with Crippen molar-refractivity contribution in [1.29, 1.82) is 0 Å². The smallest absolute Gasteiger partial charge is 0.191 e. The van der Waals surface area contributed by atoms with Gasteiger partial charge in [0.25, 0.3) is 0 Å². The number of thioether (sulfide) groups is 1. The van der Waals surface area contributed by atoms with Crippen molar-refractivity contribution in [2.75, 3.05) is 12.4 Å². The molecule has 3 aromatic rings. The summed E-state index contributed by atoms with van der Waals surface area (Å²) in [5.74, 6) is 2.59. The molecule has 0 aliphatic heterocycles. The lowest BCUT2D eigenvalue weighted by Crippen LogP contribution is -2.05. The van der Waals surface area contributed by atoms with Crippen LogP contribution in [0.2, 0.25) is 0 Å². The van der Waals surface area contributed by atoms with Gasteiger partial charge in [-0.15, -0.1) is 16.8 Å². The lowest BCUT2D eigenvalue weighted by atomic mass is 10.1. The molecule has 26 heavy (non-hydrogen) atoms. The van der Waals surface area contributed by atoms with Crippen LogP contribution in [0.4, 0.5) is 0 Å². The van der Waals surface area contributed by atoms with Crippen molar-refractivity contribution < 1.29 is 4.74 Å². The molecule has 0 aliphatic rings. The molecule has 0 amide bonds. The van der Waals surface area contributed by atoms with Gasteiger partial charge in [-0.3, -0.25) is 9.55 Å². The minimum Gasteiger partial charge on any atom is -0.492 e. The number of hydrogen-bond acceptors (Lipinski definition) is 5. The first kappa shape index (κ1) is 18.2. The topological polar surface area (TPSA) is 52.8 Å². The zero-order valence-corrected chi connectivity index (χ0v) is 15.9. The minimum absolute atomic E-state index is 0.613. The molecule has 0 spiro atoms. The highest BCUT2D eigenvalue weighted by molar-refractivity contribution is 7.99. The number of nitrogens with zero attached hydrogens (tertiary/aromatic N) is 4. The van der Waals surface area contributed by atoms with E-state index in [1.165, 1.54) is 0 Å². The summed E-state index contributed by atoms with van der Waals surface area (Å²) in [5, 5.41) is 9.55. The molecule has 0 saturated carbocycles. The highest BCUT2D eigenvalue weighted by Crippen LogP contribution is 2.25. The number of benzene rings is 1. The Morgan fingerprint density at radius 1 is 1.12 bits per heavy atom. The lowest BCUT2D eigenvalue weighted by molar-refractivity contribution is 0.339. The van der Waals surface area contributed by atoms with Crippen molar-refractivity contribution >= 4 is 11.8 Å². The molecule has 0 atom stereocenters. The van der Waals surface area contributed by atoms with Gasteiger partial charge in [-0.2, -0.15) is 0 Å². The van der Waals surface area contributed by atoms with Crippen molar-refractivity contribution in [1.82, 2.24) is 19.7 Å². The van der Waals surface area contributed by atoms with Crippen LogP contribution < -0.4 is 4.74 Å². The maximum atomic E-state index is 5.97. The summed E-state index contributed by atoms with van der Waals surface area (Å²) in [6.07, 6.45) is 5.37. The second-order valence-corrected chi connectivity index (χ2v) is 6.92. The molecule has 6 heteroatoms. The van der Waals surface area contributed by atoms with Gasteiger partial charge in [0.15, 0.2) is 11.0 Å². The van der Waals surface area contributed by atoms with Crippen LogP contribution in [-0.2, 0) is 6.54 Å². The Morgan fingerprint density at radius 3 is 2.54 bits per heavy atom. The summed E-state index contributed by atoms with van der Waals surface area (Å²) < 4.78 is 8.04. The standard InChI is InChI=1S/C20H22N4OS/c1-4-12-24-19(17-8-10-21-11-9-17)22-23-20(24)26-14-13-25-18-15(2)6-5-7-16(18)3/h4-11H,1,12-14H2,2-3H3. The van der Waals surface area contributed by atoms with Crippen molar-refractivity contribution in [2.45, 2.75) is 25.5 Å². The van der Waals surface area contributed by atoms with Crippen molar-refractivity contribution in [3.05, 3.63) is 66.5 Å². The number of rotatable bonds is 8. The van der Waals surface area contributed by atoms with E-state index in [0.717, 1.165) is 39.2 Å². The Morgan fingerprint density at radius 2 is 1.85 bits per heavy atom. The normalized spacial score (nSPS) is 10.7. The molecule has 0 aliphatic carbocycles. The number of aromatic nitrogens is 4. The van der Waals surface area contributed by atoms with Crippen molar-refractivity contribution in [3.63, 3.8) is 0 Å². The van der Waals surface area contributed by atoms with E-state index in [1.807, 2.05) is 24.3 Å². The fraction of sp³-hybridized carbons (Fsp3) is 0.250. The molecule has 0 fully saturated rings. The van der Waals surface area contributed by atoms with Gasteiger partial charge < -0.3 is 4.74 Å². The zero-order valence-electron chi connectivity index (χ0n) is 15.1. The highest BCUT2D eigenvalue weighted by atomic mass is 32.2. The summed E-state index contributed by atoms with van der Waals surface area (Å²) in [5.41, 5.74) is 3.31. The van der Waals surface area contributed by atoms with E-state index < -0.39 is 0 Å². The van der Waals surface area contributed by atoms with E-state index in [2.05, 4.69) is 52.3 Å². The van der Waals surface area contributed by atoms with E-state index in [4.69, 9.17) is 4.74 Å². The summed E-state index contributed by atoms with van der Waals surface area (Å²) in [6.45, 7) is 9.25. The third-order valence-corrected chi connectivity index (χ3v) is 4.87. The molecule has 134 valence electrons. The van der Waals surface area contributed by atoms with Gasteiger partial charge >= 0.3 is 0 Å². The molecular weight excluding hydrogens is 344 g/mol. The summed E-state index contributed by atoms with van der Waals surface area (Å²) in [7, 11) is 0. The Labute approximate surface area is 158 Å². The zero-order chi connectivity index (χ0) is 18.4. The SMILES string of the molecule is C=CCn1c(SCCOc2c(C)cccc2C)nnc1-c1ccncc1. The third kappa shape index (κ3) is 4.14. The molecule has 2 aromatic heterocycles. The van der Waals surface area contributed by atoms with E-state index in [9.17, 15) is 0 Å². The van der Waals surface area contributed by atoms with Crippen LogP contribution in [0.25, 0.3) is 11.4 Å². The Balaban J connectivity index is 1.67. The molecule has 3 rings (SSSR count). The predicted octanol–water partition coefficient (Wildman–Crippen LogP) is 4.31. The van der Waals surface area contributed by atoms with Gasteiger partial charge in [-0.1, -0.05) is 36.0 Å². The lowest BCUT2D eigenvalue weighted by Gasteiger charge is -2.12. The number of aryl methyl sites for hydroxylation is 2.